The van der Waals surface area contributed by atoms with Gasteiger partial charge in [-0.2, -0.15) is 0 Å². The molecule has 1 aromatic carbocycles. The number of halogens is 3. The van der Waals surface area contributed by atoms with E-state index in [9.17, 15) is 8.78 Å². The topological polar surface area (TPSA) is 38.1 Å². The summed E-state index contributed by atoms with van der Waals surface area (Å²) in [5.41, 5.74) is 1.32. The van der Waals surface area contributed by atoms with Crippen molar-refractivity contribution < 1.29 is 8.78 Å². The zero-order valence-corrected chi connectivity index (χ0v) is 13.2. The minimum atomic E-state index is -0.624. The van der Waals surface area contributed by atoms with Crippen molar-refractivity contribution >= 4 is 23.5 Å². The number of fused-ring (bicyclic) bond motifs is 2. The number of aliphatic imine (C=N–C) groups is 1. The van der Waals surface area contributed by atoms with Gasteiger partial charge in [-0.15, -0.1) is 0 Å². The Labute approximate surface area is 137 Å². The van der Waals surface area contributed by atoms with Crippen LogP contribution in [0.25, 0.3) is 11.3 Å². The van der Waals surface area contributed by atoms with E-state index in [2.05, 4.69) is 21.9 Å². The van der Waals surface area contributed by atoms with Gasteiger partial charge in [-0.05, 0) is 48.1 Å². The van der Waals surface area contributed by atoms with Crippen LogP contribution in [0.3, 0.4) is 0 Å². The lowest BCUT2D eigenvalue weighted by atomic mass is 9.74. The summed E-state index contributed by atoms with van der Waals surface area (Å²) in [6.07, 6.45) is 5.95. The maximum absolute atomic E-state index is 14.5. The number of hydrogen-bond acceptors (Lipinski definition) is 3. The largest absolute Gasteiger partial charge is 0.257 e. The molecular weight excluding hydrogens is 320 g/mol. The molecule has 0 amide bonds. The highest BCUT2D eigenvalue weighted by molar-refractivity contribution is 6.28. The SMILES string of the molecule is CC1CCCC12C=Nc1c(F)cc(-c3nc(Cl)ncc3F)cc12. The molecule has 0 N–H and O–H groups in total. The smallest absolute Gasteiger partial charge is 0.223 e. The third-order valence-electron chi connectivity index (χ3n) is 5.08. The van der Waals surface area contributed by atoms with E-state index >= 15 is 0 Å². The summed E-state index contributed by atoms with van der Waals surface area (Å²) in [7, 11) is 0. The van der Waals surface area contributed by atoms with Crippen LogP contribution in [0.4, 0.5) is 14.5 Å². The number of rotatable bonds is 1. The third-order valence-corrected chi connectivity index (χ3v) is 5.27. The molecule has 2 heterocycles. The molecule has 2 atom stereocenters. The summed E-state index contributed by atoms with van der Waals surface area (Å²) in [5, 5.41) is -0.0671. The average Bonchev–Trinajstić information content (AvgIpc) is 3.08. The van der Waals surface area contributed by atoms with E-state index in [0.717, 1.165) is 31.0 Å². The van der Waals surface area contributed by atoms with Crippen molar-refractivity contribution in [3.05, 3.63) is 40.8 Å². The van der Waals surface area contributed by atoms with E-state index in [-0.39, 0.29) is 16.4 Å². The summed E-state index contributed by atoms with van der Waals surface area (Å²) in [4.78, 5) is 11.8. The Balaban J connectivity index is 1.92. The highest BCUT2D eigenvalue weighted by atomic mass is 35.5. The molecule has 118 valence electrons. The zero-order chi connectivity index (χ0) is 16.2. The van der Waals surface area contributed by atoms with Crippen LogP contribution in [0, 0.1) is 17.6 Å². The van der Waals surface area contributed by atoms with Crippen molar-refractivity contribution in [1.82, 2.24) is 9.97 Å². The summed E-state index contributed by atoms with van der Waals surface area (Å²) in [5.74, 6) is -0.707. The molecule has 1 aliphatic carbocycles. The fourth-order valence-electron chi connectivity index (χ4n) is 3.82. The summed E-state index contributed by atoms with van der Waals surface area (Å²) in [6, 6.07) is 3.06. The van der Waals surface area contributed by atoms with Crippen LogP contribution in [0.5, 0.6) is 0 Å². The lowest BCUT2D eigenvalue weighted by Gasteiger charge is -2.27. The lowest BCUT2D eigenvalue weighted by molar-refractivity contribution is 0.464. The second-order valence-electron chi connectivity index (χ2n) is 6.28. The van der Waals surface area contributed by atoms with Crippen LogP contribution < -0.4 is 0 Å². The molecule has 0 radical (unpaired) electrons. The van der Waals surface area contributed by atoms with E-state index in [0.29, 0.717) is 17.2 Å². The first-order valence-electron chi connectivity index (χ1n) is 7.59. The molecule has 1 aromatic heterocycles. The van der Waals surface area contributed by atoms with Crippen molar-refractivity contribution in [2.75, 3.05) is 0 Å². The Kier molecular flexibility index (Phi) is 3.23. The Morgan fingerprint density at radius 3 is 2.83 bits per heavy atom. The molecule has 4 rings (SSSR count). The molecule has 0 saturated heterocycles. The van der Waals surface area contributed by atoms with Crippen LogP contribution in [-0.4, -0.2) is 16.2 Å². The summed E-state index contributed by atoms with van der Waals surface area (Å²) in [6.45, 7) is 2.15. The van der Waals surface area contributed by atoms with E-state index in [1.54, 1.807) is 6.07 Å². The fraction of sp³-hybridized carbons (Fsp3) is 0.353. The maximum atomic E-state index is 14.5. The molecule has 2 aromatic rings. The van der Waals surface area contributed by atoms with Gasteiger partial charge in [0.05, 0.1) is 6.20 Å². The van der Waals surface area contributed by atoms with Crippen molar-refractivity contribution in [1.29, 1.82) is 0 Å². The zero-order valence-electron chi connectivity index (χ0n) is 12.5. The van der Waals surface area contributed by atoms with Gasteiger partial charge in [-0.3, -0.25) is 4.99 Å². The van der Waals surface area contributed by atoms with Gasteiger partial charge in [0, 0.05) is 17.2 Å². The standard InChI is InChI=1S/C17H14ClF2N3/c1-9-3-2-4-17(9)8-22-15-11(17)5-10(6-12(15)19)14-13(20)7-21-16(18)23-14/h5-9H,2-4H2,1H3. The number of benzene rings is 1. The molecule has 1 fully saturated rings. The first-order chi connectivity index (χ1) is 11.0. The second-order valence-corrected chi connectivity index (χ2v) is 6.62. The molecular formula is C17H14ClF2N3. The highest BCUT2D eigenvalue weighted by Crippen LogP contribution is 2.52. The van der Waals surface area contributed by atoms with Crippen LogP contribution in [-0.2, 0) is 5.41 Å². The van der Waals surface area contributed by atoms with Gasteiger partial charge in [-0.25, -0.2) is 18.7 Å². The van der Waals surface area contributed by atoms with Gasteiger partial charge < -0.3 is 0 Å². The minimum absolute atomic E-state index is 0.0133. The highest BCUT2D eigenvalue weighted by Gasteiger charge is 2.45. The Hall–Kier alpha value is -1.88. The van der Waals surface area contributed by atoms with Crippen LogP contribution in [0.1, 0.15) is 31.7 Å². The van der Waals surface area contributed by atoms with E-state index in [4.69, 9.17) is 11.6 Å². The second kappa shape index (κ2) is 5.06. The van der Waals surface area contributed by atoms with Crippen molar-refractivity contribution in [3.63, 3.8) is 0 Å². The molecule has 3 nitrogen and oxygen atoms in total. The predicted molar refractivity (Wildman–Crippen MR) is 85.2 cm³/mol. The Morgan fingerprint density at radius 1 is 1.26 bits per heavy atom. The van der Waals surface area contributed by atoms with Gasteiger partial charge in [0.25, 0.3) is 0 Å². The molecule has 1 spiro atoms. The molecule has 23 heavy (non-hydrogen) atoms. The Bertz CT molecular complexity index is 837. The first-order valence-corrected chi connectivity index (χ1v) is 7.97. The van der Waals surface area contributed by atoms with Crippen molar-refractivity contribution in [2.45, 2.75) is 31.6 Å². The molecule has 6 heteroatoms. The van der Waals surface area contributed by atoms with E-state index in [1.807, 2.05) is 6.21 Å². The van der Waals surface area contributed by atoms with Crippen LogP contribution in [0.2, 0.25) is 5.28 Å². The predicted octanol–water partition coefficient (Wildman–Crippen LogP) is 4.85. The average molecular weight is 334 g/mol. The van der Waals surface area contributed by atoms with Gasteiger partial charge in [0.1, 0.15) is 17.2 Å². The summed E-state index contributed by atoms with van der Waals surface area (Å²) < 4.78 is 28.6. The quantitative estimate of drug-likeness (QED) is 0.700. The fourth-order valence-corrected chi connectivity index (χ4v) is 3.95. The monoisotopic (exact) mass is 333 g/mol. The first kappa shape index (κ1) is 14.7. The molecule has 2 aliphatic rings. The van der Waals surface area contributed by atoms with Gasteiger partial charge in [-0.1, -0.05) is 13.3 Å². The lowest BCUT2D eigenvalue weighted by Crippen LogP contribution is -2.28. The molecule has 1 aliphatic heterocycles. The van der Waals surface area contributed by atoms with Crippen molar-refractivity contribution in [2.24, 2.45) is 10.9 Å². The third kappa shape index (κ3) is 2.10. The van der Waals surface area contributed by atoms with Gasteiger partial charge >= 0.3 is 0 Å². The molecule has 2 unspecified atom stereocenters. The maximum Gasteiger partial charge on any atom is 0.223 e. The van der Waals surface area contributed by atoms with E-state index < -0.39 is 11.6 Å². The minimum Gasteiger partial charge on any atom is -0.257 e. The van der Waals surface area contributed by atoms with Gasteiger partial charge in [0.2, 0.25) is 5.28 Å². The van der Waals surface area contributed by atoms with Crippen molar-refractivity contribution in [3.8, 4) is 11.3 Å². The van der Waals surface area contributed by atoms with E-state index in [1.165, 1.54) is 6.07 Å². The normalized spacial score (nSPS) is 25.3. The van der Waals surface area contributed by atoms with Crippen LogP contribution in [0.15, 0.2) is 23.3 Å². The Morgan fingerprint density at radius 2 is 2.09 bits per heavy atom. The molecule has 0 bridgehead atoms. The number of hydrogen-bond donors (Lipinski definition) is 0. The molecule has 1 saturated carbocycles. The van der Waals surface area contributed by atoms with Crippen LogP contribution >= 0.6 is 11.6 Å². The summed E-state index contributed by atoms with van der Waals surface area (Å²) >= 11 is 5.76. The number of aromatic nitrogens is 2. The van der Waals surface area contributed by atoms with Gasteiger partial charge in [0.15, 0.2) is 5.82 Å². The number of nitrogens with zero attached hydrogens (tertiary/aromatic N) is 3.